The van der Waals surface area contributed by atoms with Crippen molar-refractivity contribution in [3.8, 4) is 11.6 Å². The van der Waals surface area contributed by atoms with Crippen LogP contribution in [0.2, 0.25) is 0 Å². The standard InChI is InChI=1S/C27H41N6O8P/c1-8-37-24-22-23(30-26(28)31-24)33(16-29-22)19(4)40-21(18(3)34)14-39-42(36,41-20-12-10-9-11-13-20)32-17(2)25(35)38-15-27(5,6)7/h9-13,16-19,21,34H,8,14-15H2,1-7H3,(H,32,36)(H2,28,30,31)/t17?,18-,19+,21+,42?/m0/s1. The summed E-state index contributed by atoms with van der Waals surface area (Å²) in [4.78, 5) is 25.3. The van der Waals surface area contributed by atoms with Gasteiger partial charge in [0, 0.05) is 0 Å². The third kappa shape index (κ3) is 9.36. The van der Waals surface area contributed by atoms with Crippen molar-refractivity contribution in [1.29, 1.82) is 0 Å². The average Bonchev–Trinajstić information content (AvgIpc) is 3.33. The highest BCUT2D eigenvalue weighted by molar-refractivity contribution is 7.52. The molecule has 3 aromatic rings. The van der Waals surface area contributed by atoms with Crippen LogP contribution in [0.25, 0.3) is 11.2 Å². The number of nitrogens with two attached hydrogens (primary N) is 1. The van der Waals surface area contributed by atoms with Gasteiger partial charge in [-0.05, 0) is 45.2 Å². The first-order chi connectivity index (χ1) is 19.7. The van der Waals surface area contributed by atoms with Gasteiger partial charge in [-0.1, -0.05) is 39.0 Å². The van der Waals surface area contributed by atoms with E-state index in [0.29, 0.717) is 17.8 Å². The second-order valence-corrected chi connectivity index (χ2v) is 12.6. The van der Waals surface area contributed by atoms with Crippen LogP contribution in [-0.2, 0) is 23.4 Å². The minimum atomic E-state index is -4.19. The molecule has 2 unspecified atom stereocenters. The van der Waals surface area contributed by atoms with E-state index in [4.69, 9.17) is 29.0 Å². The lowest BCUT2D eigenvalue weighted by atomic mass is 9.99. The van der Waals surface area contributed by atoms with Crippen LogP contribution in [0.1, 0.15) is 54.7 Å². The number of benzene rings is 1. The highest BCUT2D eigenvalue weighted by atomic mass is 31.2. The number of aliphatic hydroxyl groups excluding tert-OH is 1. The number of hydrogen-bond acceptors (Lipinski definition) is 12. The molecule has 2 heterocycles. The largest absolute Gasteiger partial charge is 0.476 e. The molecule has 0 fully saturated rings. The second-order valence-electron chi connectivity index (χ2n) is 10.9. The van der Waals surface area contributed by atoms with E-state index in [1.54, 1.807) is 41.8 Å². The lowest BCUT2D eigenvalue weighted by molar-refractivity contribution is -0.148. The van der Waals surface area contributed by atoms with Crippen LogP contribution >= 0.6 is 7.75 Å². The zero-order valence-electron chi connectivity index (χ0n) is 25.0. The fourth-order valence-corrected chi connectivity index (χ4v) is 5.11. The number of carbonyl (C=O) groups is 1. The molecule has 0 aliphatic rings. The topological polar surface area (TPSA) is 182 Å². The van der Waals surface area contributed by atoms with Gasteiger partial charge in [-0.15, -0.1) is 0 Å². The highest BCUT2D eigenvalue weighted by Gasteiger charge is 2.35. The van der Waals surface area contributed by atoms with Crippen LogP contribution in [0.15, 0.2) is 36.7 Å². The summed E-state index contributed by atoms with van der Waals surface area (Å²) in [7, 11) is -4.19. The molecule has 0 aliphatic heterocycles. The highest BCUT2D eigenvalue weighted by Crippen LogP contribution is 2.45. The van der Waals surface area contributed by atoms with Crippen LogP contribution < -0.4 is 20.1 Å². The summed E-state index contributed by atoms with van der Waals surface area (Å²) in [5.41, 5.74) is 6.37. The zero-order chi connectivity index (χ0) is 31.1. The van der Waals surface area contributed by atoms with E-state index in [-0.39, 0.29) is 36.2 Å². The van der Waals surface area contributed by atoms with Crippen molar-refractivity contribution < 1.29 is 37.7 Å². The summed E-state index contributed by atoms with van der Waals surface area (Å²) in [6.07, 6.45) is -1.28. The molecule has 0 bridgehead atoms. The molecule has 0 saturated heterocycles. The average molecular weight is 609 g/mol. The zero-order valence-corrected chi connectivity index (χ0v) is 25.9. The number of nitrogens with one attached hydrogen (secondary N) is 1. The minimum Gasteiger partial charge on any atom is -0.476 e. The lowest BCUT2D eigenvalue weighted by Gasteiger charge is -2.28. The number of imidazole rings is 1. The van der Waals surface area contributed by atoms with E-state index in [1.807, 2.05) is 27.7 Å². The maximum absolute atomic E-state index is 13.9. The number of para-hydroxylation sites is 1. The number of rotatable bonds is 15. The van der Waals surface area contributed by atoms with E-state index in [9.17, 15) is 14.5 Å². The first-order valence-electron chi connectivity index (χ1n) is 13.6. The smallest absolute Gasteiger partial charge is 0.459 e. The Labute approximate surface area is 245 Å². The van der Waals surface area contributed by atoms with Crippen molar-refractivity contribution in [1.82, 2.24) is 24.6 Å². The van der Waals surface area contributed by atoms with E-state index in [1.165, 1.54) is 20.2 Å². The lowest BCUT2D eigenvalue weighted by Crippen LogP contribution is -2.38. The van der Waals surface area contributed by atoms with E-state index >= 15 is 0 Å². The molecular formula is C27H41N6O8P. The van der Waals surface area contributed by atoms with Gasteiger partial charge in [0.1, 0.15) is 24.1 Å². The predicted octanol–water partition coefficient (Wildman–Crippen LogP) is 3.86. The maximum Gasteiger partial charge on any atom is 0.459 e. The summed E-state index contributed by atoms with van der Waals surface area (Å²) in [5, 5.41) is 13.2. The van der Waals surface area contributed by atoms with Gasteiger partial charge >= 0.3 is 13.7 Å². The quantitative estimate of drug-likeness (QED) is 0.167. The molecule has 232 valence electrons. The number of aliphatic hydroxyl groups is 1. The van der Waals surface area contributed by atoms with Crippen LogP contribution in [-0.4, -0.2) is 68.7 Å². The number of ether oxygens (including phenoxy) is 3. The SMILES string of the molecule is CCOc1nc(N)nc2c1ncn2[C@@H](C)O[C@H](COP(=O)(NC(C)C(=O)OCC(C)(C)C)Oc1ccccc1)[C@H](C)O. The Balaban J connectivity index is 1.78. The number of nitrogen functional groups attached to an aromatic ring is 1. The monoisotopic (exact) mass is 608 g/mol. The minimum absolute atomic E-state index is 0.00414. The number of esters is 1. The molecular weight excluding hydrogens is 567 g/mol. The predicted molar refractivity (Wildman–Crippen MR) is 156 cm³/mol. The molecule has 2 aromatic heterocycles. The number of fused-ring (bicyclic) bond motifs is 1. The molecule has 4 N–H and O–H groups in total. The van der Waals surface area contributed by atoms with Gasteiger partial charge in [0.05, 0.1) is 32.3 Å². The van der Waals surface area contributed by atoms with E-state index in [0.717, 1.165) is 0 Å². The molecule has 0 saturated carbocycles. The van der Waals surface area contributed by atoms with Gasteiger partial charge in [-0.2, -0.15) is 15.1 Å². The third-order valence-electron chi connectivity index (χ3n) is 5.72. The molecule has 5 atom stereocenters. The fourth-order valence-electron chi connectivity index (χ4n) is 3.61. The van der Waals surface area contributed by atoms with Gasteiger partial charge in [0.2, 0.25) is 11.8 Å². The van der Waals surface area contributed by atoms with E-state index in [2.05, 4.69) is 20.0 Å². The van der Waals surface area contributed by atoms with Crippen molar-refractivity contribution in [2.24, 2.45) is 5.41 Å². The van der Waals surface area contributed by atoms with Gasteiger partial charge in [0.25, 0.3) is 0 Å². The van der Waals surface area contributed by atoms with Gasteiger partial charge in [0.15, 0.2) is 11.2 Å². The first kappa shape index (κ1) is 33.2. The van der Waals surface area contributed by atoms with Crippen LogP contribution in [0, 0.1) is 5.41 Å². The number of hydrogen-bond donors (Lipinski definition) is 3. The van der Waals surface area contributed by atoms with Crippen LogP contribution in [0.4, 0.5) is 5.95 Å². The number of anilines is 1. The summed E-state index contributed by atoms with van der Waals surface area (Å²) >= 11 is 0. The van der Waals surface area contributed by atoms with Crippen molar-refractivity contribution in [3.63, 3.8) is 0 Å². The van der Waals surface area contributed by atoms with Crippen molar-refractivity contribution in [2.75, 3.05) is 25.6 Å². The van der Waals surface area contributed by atoms with Crippen LogP contribution in [0.3, 0.4) is 0 Å². The van der Waals surface area contributed by atoms with Gasteiger partial charge in [-0.3, -0.25) is 13.9 Å². The molecule has 0 spiro atoms. The number of nitrogens with zero attached hydrogens (tertiary/aromatic N) is 4. The Kier molecular flexibility index (Phi) is 11.3. The Bertz CT molecular complexity index is 1360. The molecule has 14 nitrogen and oxygen atoms in total. The number of aromatic nitrogens is 4. The normalized spacial score (nSPS) is 16.3. The molecule has 0 amide bonds. The fraction of sp³-hybridized carbons (Fsp3) is 0.556. The Morgan fingerprint density at radius 1 is 1.17 bits per heavy atom. The molecule has 1 aromatic carbocycles. The van der Waals surface area contributed by atoms with E-state index < -0.39 is 38.2 Å². The van der Waals surface area contributed by atoms with Crippen molar-refractivity contribution >= 4 is 30.8 Å². The third-order valence-corrected chi connectivity index (χ3v) is 7.36. The van der Waals surface area contributed by atoms with Crippen molar-refractivity contribution in [2.45, 2.75) is 72.9 Å². The summed E-state index contributed by atoms with van der Waals surface area (Å²) in [5.74, 6) is -0.141. The Morgan fingerprint density at radius 3 is 2.48 bits per heavy atom. The first-order valence-corrected chi connectivity index (χ1v) is 15.2. The molecule has 3 rings (SSSR count). The Hall–Kier alpha value is -3.29. The van der Waals surface area contributed by atoms with Gasteiger partial charge < -0.3 is 29.6 Å². The second kappa shape index (κ2) is 14.3. The molecule has 0 radical (unpaired) electrons. The maximum atomic E-state index is 13.9. The molecule has 15 heteroatoms. The van der Waals surface area contributed by atoms with Crippen LogP contribution in [0.5, 0.6) is 11.6 Å². The molecule has 0 aliphatic carbocycles. The number of carbonyl (C=O) groups excluding carboxylic acids is 1. The molecule has 42 heavy (non-hydrogen) atoms. The Morgan fingerprint density at radius 2 is 1.86 bits per heavy atom. The summed E-state index contributed by atoms with van der Waals surface area (Å²) in [6, 6.07) is 7.33. The van der Waals surface area contributed by atoms with Crippen molar-refractivity contribution in [3.05, 3.63) is 36.7 Å². The summed E-state index contributed by atoms with van der Waals surface area (Å²) in [6.45, 7) is 12.5. The summed E-state index contributed by atoms with van der Waals surface area (Å²) < 4.78 is 43.9. The van der Waals surface area contributed by atoms with Gasteiger partial charge in [-0.25, -0.2) is 9.55 Å².